The van der Waals surface area contributed by atoms with Crippen LogP contribution in [-0.4, -0.2) is 37.1 Å². The topological polar surface area (TPSA) is 179 Å². The summed E-state index contributed by atoms with van der Waals surface area (Å²) in [7, 11) is -5.06. The van der Waals surface area contributed by atoms with E-state index in [0.29, 0.717) is 39.6 Å². The number of hydrogen-bond donors (Lipinski definition) is 2. The van der Waals surface area contributed by atoms with Gasteiger partial charge in [0, 0.05) is 35.4 Å². The normalized spacial score (nSPS) is 10.6. The number of nitrogens with zero attached hydrogens (tertiary/aromatic N) is 5. The molecule has 3 aromatic heterocycles. The zero-order chi connectivity index (χ0) is 28.1. The van der Waals surface area contributed by atoms with Gasteiger partial charge in [-0.3, -0.25) is 4.79 Å². The third-order valence-corrected chi connectivity index (χ3v) is 5.99. The first-order valence-electron chi connectivity index (χ1n) is 11.8. The Bertz CT molecular complexity index is 1840. The molecule has 202 valence electrons. The number of phosphoric ester groups is 1. The van der Waals surface area contributed by atoms with Crippen LogP contribution >= 0.6 is 7.82 Å². The second-order valence-corrected chi connectivity index (χ2v) is 9.53. The molecule has 0 spiro atoms. The SMILES string of the molecule is Cc1cc(Nc2ncnc3ccc(NC(=O)C#CCCOP(=O)([O-])[O-])cc23)ccc1Oc1ccn2ncnc2c1.[Na+].[Na+]. The zero-order valence-electron chi connectivity index (χ0n) is 22.9. The van der Waals surface area contributed by atoms with Crippen LogP contribution in [0.5, 0.6) is 11.5 Å². The molecule has 0 aliphatic heterocycles. The van der Waals surface area contributed by atoms with Crippen molar-refractivity contribution in [3.63, 3.8) is 0 Å². The van der Waals surface area contributed by atoms with E-state index in [9.17, 15) is 19.1 Å². The number of pyridine rings is 1. The average molecular weight is 603 g/mol. The first-order chi connectivity index (χ1) is 19.2. The fourth-order valence-electron chi connectivity index (χ4n) is 3.71. The van der Waals surface area contributed by atoms with Crippen LogP contribution in [0.25, 0.3) is 16.6 Å². The van der Waals surface area contributed by atoms with E-state index < -0.39 is 20.3 Å². The maximum Gasteiger partial charge on any atom is 1.00 e. The van der Waals surface area contributed by atoms with Crippen molar-refractivity contribution in [2.45, 2.75) is 13.3 Å². The predicted octanol–water partition coefficient (Wildman–Crippen LogP) is -3.30. The fourth-order valence-corrected chi connectivity index (χ4v) is 4.03. The second-order valence-electron chi connectivity index (χ2n) is 8.37. The van der Waals surface area contributed by atoms with Crippen LogP contribution in [0.2, 0.25) is 0 Å². The van der Waals surface area contributed by atoms with Gasteiger partial charge in [0.1, 0.15) is 30.0 Å². The molecule has 2 aromatic carbocycles. The van der Waals surface area contributed by atoms with Gasteiger partial charge in [-0.1, -0.05) is 5.92 Å². The number of rotatable bonds is 8. The van der Waals surface area contributed by atoms with Crippen molar-refractivity contribution >= 4 is 47.5 Å². The quantitative estimate of drug-likeness (QED) is 0.0786. The number of aromatic nitrogens is 5. The Balaban J connectivity index is 0.00000242. The van der Waals surface area contributed by atoms with Gasteiger partial charge < -0.3 is 34.2 Å². The Kier molecular flexibility index (Phi) is 12.0. The van der Waals surface area contributed by atoms with E-state index in [1.54, 1.807) is 41.0 Å². The summed E-state index contributed by atoms with van der Waals surface area (Å²) >= 11 is 0. The van der Waals surface area contributed by atoms with E-state index in [1.165, 1.54) is 12.7 Å². The van der Waals surface area contributed by atoms with Crippen LogP contribution in [0.4, 0.5) is 17.2 Å². The summed E-state index contributed by atoms with van der Waals surface area (Å²) in [5.74, 6) is 5.98. The minimum absolute atomic E-state index is 0. The number of carbonyl (C=O) groups is 1. The fraction of sp³-hybridized carbons (Fsp3) is 0.115. The Labute approximate surface area is 284 Å². The third kappa shape index (κ3) is 9.07. The molecule has 0 atom stereocenters. The summed E-state index contributed by atoms with van der Waals surface area (Å²) in [5, 5.41) is 10.7. The van der Waals surface area contributed by atoms with E-state index >= 15 is 0 Å². The summed E-state index contributed by atoms with van der Waals surface area (Å²) in [5.41, 5.74) is 3.43. The molecule has 0 fully saturated rings. The van der Waals surface area contributed by atoms with E-state index in [-0.39, 0.29) is 65.5 Å². The Morgan fingerprint density at radius 2 is 1.83 bits per heavy atom. The molecule has 0 aliphatic carbocycles. The van der Waals surface area contributed by atoms with Crippen molar-refractivity contribution in [3.8, 4) is 23.3 Å². The molecule has 42 heavy (non-hydrogen) atoms. The van der Waals surface area contributed by atoms with Crippen molar-refractivity contribution in [3.05, 3.63) is 72.9 Å². The standard InChI is InChI=1S/C26H22N7O6P.2Na/c1-17-12-18(6-8-23(17)39-20-9-10-33-24(14-20)28-16-30-33)32-26-21-13-19(5-7-22(21)27-15-29-26)31-25(34)4-2-3-11-38-40(35,36)37;;/h5-10,12-16H,3,11H2,1H3,(H,31,34)(H,27,29,32)(H2,35,36,37);;/q;2*+1/p-2. The first-order valence-corrected chi connectivity index (χ1v) is 13.3. The predicted molar refractivity (Wildman–Crippen MR) is 142 cm³/mol. The summed E-state index contributed by atoms with van der Waals surface area (Å²) in [6.07, 6.45) is 4.58. The van der Waals surface area contributed by atoms with Crippen molar-refractivity contribution < 1.29 is 87.5 Å². The Hall–Kier alpha value is -2.86. The molecule has 0 aliphatic rings. The number of aryl methyl sites for hydroxylation is 1. The molecule has 1 amide bonds. The maximum atomic E-state index is 12.2. The van der Waals surface area contributed by atoms with Gasteiger partial charge in [-0.15, -0.1) is 0 Å². The van der Waals surface area contributed by atoms with Gasteiger partial charge in [0.15, 0.2) is 5.65 Å². The molecule has 0 unspecified atom stereocenters. The number of phosphoric acid groups is 1. The minimum atomic E-state index is -5.06. The summed E-state index contributed by atoms with van der Waals surface area (Å²) < 4.78 is 22.2. The molecule has 0 bridgehead atoms. The Morgan fingerprint density at radius 3 is 2.62 bits per heavy atom. The van der Waals surface area contributed by atoms with E-state index in [1.807, 2.05) is 25.1 Å². The number of nitrogens with one attached hydrogen (secondary N) is 2. The average Bonchev–Trinajstić information content (AvgIpc) is 3.38. The summed E-state index contributed by atoms with van der Waals surface area (Å²) in [6, 6.07) is 14.3. The smallest absolute Gasteiger partial charge is 0.790 e. The van der Waals surface area contributed by atoms with Gasteiger partial charge in [0.2, 0.25) is 0 Å². The van der Waals surface area contributed by atoms with Gasteiger partial charge in [-0.05, 0) is 60.9 Å². The molecule has 2 N–H and O–H groups in total. The van der Waals surface area contributed by atoms with Gasteiger partial charge in [-0.25, -0.2) is 19.5 Å². The molecule has 5 rings (SSSR count). The molecule has 0 saturated carbocycles. The number of carbonyl (C=O) groups excluding carboxylic acids is 1. The number of benzene rings is 2. The van der Waals surface area contributed by atoms with Crippen molar-refractivity contribution in [1.82, 2.24) is 24.6 Å². The van der Waals surface area contributed by atoms with Gasteiger partial charge in [0.05, 0.1) is 19.9 Å². The van der Waals surface area contributed by atoms with E-state index in [4.69, 9.17) is 4.74 Å². The van der Waals surface area contributed by atoms with Crippen molar-refractivity contribution in [2.75, 3.05) is 17.2 Å². The number of amides is 1. The van der Waals surface area contributed by atoms with Gasteiger partial charge >= 0.3 is 59.1 Å². The van der Waals surface area contributed by atoms with Crippen molar-refractivity contribution in [2.24, 2.45) is 0 Å². The van der Waals surface area contributed by atoms with E-state index in [2.05, 4.69) is 47.0 Å². The Morgan fingerprint density at radius 1 is 1.02 bits per heavy atom. The number of anilines is 3. The van der Waals surface area contributed by atoms with Gasteiger partial charge in [-0.2, -0.15) is 5.10 Å². The molecule has 5 aromatic rings. The van der Waals surface area contributed by atoms with Crippen LogP contribution in [0.3, 0.4) is 0 Å². The zero-order valence-corrected chi connectivity index (χ0v) is 27.8. The molecule has 0 radical (unpaired) electrons. The molecular formula is C26H20N7Na2O6P. The third-order valence-electron chi connectivity index (χ3n) is 5.49. The number of fused-ring (bicyclic) bond motifs is 2. The van der Waals surface area contributed by atoms with Crippen LogP contribution in [0.1, 0.15) is 12.0 Å². The summed E-state index contributed by atoms with van der Waals surface area (Å²) in [6.45, 7) is 1.51. The molecular weight excluding hydrogens is 583 g/mol. The van der Waals surface area contributed by atoms with Crippen LogP contribution in [0, 0.1) is 18.8 Å². The monoisotopic (exact) mass is 603 g/mol. The summed E-state index contributed by atoms with van der Waals surface area (Å²) in [4.78, 5) is 45.9. The minimum Gasteiger partial charge on any atom is -0.790 e. The largest absolute Gasteiger partial charge is 1.00 e. The maximum absolute atomic E-state index is 12.2. The van der Waals surface area contributed by atoms with Crippen LogP contribution in [0.15, 0.2) is 67.4 Å². The molecule has 3 heterocycles. The van der Waals surface area contributed by atoms with Gasteiger partial charge in [0.25, 0.3) is 5.91 Å². The molecule has 16 heteroatoms. The van der Waals surface area contributed by atoms with Crippen LogP contribution in [-0.2, 0) is 13.9 Å². The van der Waals surface area contributed by atoms with E-state index in [0.717, 1.165) is 11.3 Å². The molecule has 13 nitrogen and oxygen atoms in total. The van der Waals surface area contributed by atoms with Crippen LogP contribution < -0.4 is 84.3 Å². The van der Waals surface area contributed by atoms with Crippen molar-refractivity contribution in [1.29, 1.82) is 0 Å². The number of hydrogen-bond acceptors (Lipinski definition) is 11. The first kappa shape index (κ1) is 33.6. The number of ether oxygens (including phenoxy) is 1. The second kappa shape index (κ2) is 15.0. The molecule has 0 saturated heterocycles.